The van der Waals surface area contributed by atoms with Crippen molar-refractivity contribution in [2.45, 2.75) is 24.7 Å². The Kier molecular flexibility index (Phi) is 7.60. The molecule has 0 aliphatic carbocycles. The van der Waals surface area contributed by atoms with Crippen LogP contribution in [0, 0.1) is 11.3 Å². The van der Waals surface area contributed by atoms with E-state index in [1.54, 1.807) is 42.6 Å². The maximum absolute atomic E-state index is 12.2. The highest BCUT2D eigenvalue weighted by atomic mass is 32.2. The third-order valence-corrected chi connectivity index (χ3v) is 7.41. The molecule has 0 bridgehead atoms. The quantitative estimate of drug-likeness (QED) is 0.505. The molecule has 3 aromatic rings. The van der Waals surface area contributed by atoms with Crippen molar-refractivity contribution in [3.05, 3.63) is 65.9 Å². The van der Waals surface area contributed by atoms with Crippen molar-refractivity contribution in [2.75, 3.05) is 32.6 Å². The molecule has 1 saturated heterocycles. The van der Waals surface area contributed by atoms with E-state index >= 15 is 0 Å². The smallest absolute Gasteiger partial charge is 0.227 e. The lowest BCUT2D eigenvalue weighted by Gasteiger charge is -2.23. The summed E-state index contributed by atoms with van der Waals surface area (Å²) in [4.78, 5) is 8.86. The minimum absolute atomic E-state index is 0.0417. The average Bonchev–Trinajstić information content (AvgIpc) is 2.85. The number of ether oxygens (including phenoxy) is 2. The number of nitriles is 1. The van der Waals surface area contributed by atoms with Crippen LogP contribution in [0.1, 0.15) is 24.0 Å². The highest BCUT2D eigenvalue weighted by molar-refractivity contribution is 7.88. The molecule has 0 unspecified atom stereocenters. The Balaban J connectivity index is 1.51. The van der Waals surface area contributed by atoms with Gasteiger partial charge in [0.1, 0.15) is 17.9 Å². The predicted octanol–water partition coefficient (Wildman–Crippen LogP) is 3.71. The highest BCUT2D eigenvalue weighted by Crippen LogP contribution is 2.28. The van der Waals surface area contributed by atoms with E-state index in [1.165, 1.54) is 18.4 Å². The molecular weight excluding hydrogens is 466 g/mol. The summed E-state index contributed by atoms with van der Waals surface area (Å²) in [5.41, 5.74) is 3.17. The van der Waals surface area contributed by atoms with Crippen molar-refractivity contribution in [1.82, 2.24) is 14.3 Å². The summed E-state index contributed by atoms with van der Waals surface area (Å²) in [6.07, 6.45) is 3.27. The molecule has 0 spiro atoms. The zero-order valence-electron chi connectivity index (χ0n) is 19.6. The van der Waals surface area contributed by atoms with Gasteiger partial charge in [0.15, 0.2) is 0 Å². The van der Waals surface area contributed by atoms with E-state index in [1.807, 2.05) is 12.1 Å². The Hall–Kier alpha value is -3.52. The molecule has 0 radical (unpaired) electrons. The standard InChI is InChI=1S/C25H27N5O4S/c1-30(2)35(31,32)17-18-4-3-5-21(14-18)28-25-27-11-8-23(29-25)19-6-7-24(20(15-19)16-26)34-22-9-12-33-13-10-22/h3-8,11,14-15,22H,9-10,12-13,17H2,1-2H3,(H,27,28,29). The van der Waals surface area contributed by atoms with Crippen LogP contribution in [0.4, 0.5) is 11.6 Å². The molecule has 9 nitrogen and oxygen atoms in total. The lowest BCUT2D eigenvalue weighted by Crippen LogP contribution is -2.26. The number of hydrogen-bond donors (Lipinski definition) is 1. The number of rotatable bonds is 8. The molecule has 0 atom stereocenters. The molecule has 182 valence electrons. The van der Waals surface area contributed by atoms with Crippen molar-refractivity contribution in [3.8, 4) is 23.1 Å². The van der Waals surface area contributed by atoms with Gasteiger partial charge in [0.2, 0.25) is 16.0 Å². The Labute approximate surface area is 205 Å². The number of aromatic nitrogens is 2. The molecular formula is C25H27N5O4S. The van der Waals surface area contributed by atoms with Gasteiger partial charge in [0.25, 0.3) is 0 Å². The van der Waals surface area contributed by atoms with Gasteiger partial charge in [-0.15, -0.1) is 0 Å². The third-order valence-electron chi connectivity index (χ3n) is 5.60. The second kappa shape index (κ2) is 10.8. The summed E-state index contributed by atoms with van der Waals surface area (Å²) >= 11 is 0. The molecule has 4 rings (SSSR count). The van der Waals surface area contributed by atoms with Crippen LogP contribution in [0.5, 0.6) is 5.75 Å². The summed E-state index contributed by atoms with van der Waals surface area (Å²) in [6, 6.07) is 16.5. The number of hydrogen-bond acceptors (Lipinski definition) is 8. The summed E-state index contributed by atoms with van der Waals surface area (Å²) in [7, 11) is -0.348. The van der Waals surface area contributed by atoms with Gasteiger partial charge in [-0.3, -0.25) is 0 Å². The fourth-order valence-electron chi connectivity index (χ4n) is 3.64. The fourth-order valence-corrected chi connectivity index (χ4v) is 4.50. The van der Waals surface area contributed by atoms with Crippen molar-refractivity contribution in [2.24, 2.45) is 0 Å². The van der Waals surface area contributed by atoms with E-state index in [4.69, 9.17) is 9.47 Å². The molecule has 2 aromatic carbocycles. The van der Waals surface area contributed by atoms with Crippen molar-refractivity contribution in [1.29, 1.82) is 5.26 Å². The van der Waals surface area contributed by atoms with Gasteiger partial charge < -0.3 is 14.8 Å². The number of benzene rings is 2. The van der Waals surface area contributed by atoms with Crippen LogP contribution in [0.15, 0.2) is 54.7 Å². The topological polar surface area (TPSA) is 117 Å². The summed E-state index contributed by atoms with van der Waals surface area (Å²) in [5, 5.41) is 12.8. The summed E-state index contributed by atoms with van der Waals surface area (Å²) in [6.45, 7) is 1.32. The second-order valence-corrected chi connectivity index (χ2v) is 10.6. The second-order valence-electron chi connectivity index (χ2n) is 8.38. The summed E-state index contributed by atoms with van der Waals surface area (Å²) < 4.78 is 37.0. The van der Waals surface area contributed by atoms with Crippen molar-refractivity contribution >= 4 is 21.7 Å². The zero-order valence-corrected chi connectivity index (χ0v) is 20.5. The number of anilines is 2. The molecule has 1 aliphatic heterocycles. The van der Waals surface area contributed by atoms with Crippen LogP contribution in [-0.2, 0) is 20.5 Å². The van der Waals surface area contributed by atoms with E-state index in [0.717, 1.165) is 18.4 Å². The van der Waals surface area contributed by atoms with Gasteiger partial charge in [-0.25, -0.2) is 22.7 Å². The van der Waals surface area contributed by atoms with Gasteiger partial charge in [-0.05, 0) is 42.0 Å². The van der Waals surface area contributed by atoms with Gasteiger partial charge in [0.05, 0.1) is 30.2 Å². The van der Waals surface area contributed by atoms with Gasteiger partial charge in [-0.1, -0.05) is 12.1 Å². The van der Waals surface area contributed by atoms with Gasteiger partial charge in [0, 0.05) is 44.4 Å². The molecule has 1 N–H and O–H groups in total. The maximum Gasteiger partial charge on any atom is 0.227 e. The first-order valence-corrected chi connectivity index (χ1v) is 12.8. The molecule has 0 amide bonds. The van der Waals surface area contributed by atoms with Gasteiger partial charge in [-0.2, -0.15) is 5.26 Å². The maximum atomic E-state index is 12.2. The monoisotopic (exact) mass is 493 g/mol. The van der Waals surface area contributed by atoms with Crippen LogP contribution >= 0.6 is 0 Å². The Morgan fingerprint density at radius 3 is 2.71 bits per heavy atom. The SMILES string of the molecule is CN(C)S(=O)(=O)Cc1cccc(Nc2nccc(-c3ccc(OC4CCOCC4)c(C#N)c3)n2)c1. The molecule has 0 saturated carbocycles. The van der Waals surface area contributed by atoms with E-state index in [9.17, 15) is 13.7 Å². The first kappa shape index (κ1) is 24.6. The third kappa shape index (κ3) is 6.33. The number of nitrogens with zero attached hydrogens (tertiary/aromatic N) is 4. The normalized spacial score (nSPS) is 14.5. The first-order valence-electron chi connectivity index (χ1n) is 11.2. The summed E-state index contributed by atoms with van der Waals surface area (Å²) in [5.74, 6) is 0.812. The van der Waals surface area contributed by atoms with Crippen LogP contribution in [0.2, 0.25) is 0 Å². The molecule has 1 aromatic heterocycles. The molecule has 35 heavy (non-hydrogen) atoms. The van der Waals surface area contributed by atoms with Crippen molar-refractivity contribution in [3.63, 3.8) is 0 Å². The molecule has 2 heterocycles. The van der Waals surface area contributed by atoms with E-state index < -0.39 is 10.0 Å². The Bertz CT molecular complexity index is 1330. The Morgan fingerprint density at radius 2 is 1.97 bits per heavy atom. The van der Waals surface area contributed by atoms with Crippen molar-refractivity contribution < 1.29 is 17.9 Å². The van der Waals surface area contributed by atoms with E-state index in [2.05, 4.69) is 21.4 Å². The minimum atomic E-state index is -3.37. The minimum Gasteiger partial charge on any atom is -0.489 e. The van der Waals surface area contributed by atoms with Gasteiger partial charge >= 0.3 is 0 Å². The zero-order chi connectivity index (χ0) is 24.8. The number of sulfonamides is 1. The molecule has 1 aliphatic rings. The number of nitrogens with one attached hydrogen (secondary N) is 1. The van der Waals surface area contributed by atoms with E-state index in [-0.39, 0.29) is 11.9 Å². The lowest BCUT2D eigenvalue weighted by atomic mass is 10.1. The lowest BCUT2D eigenvalue weighted by molar-refractivity contribution is 0.0254. The first-order chi connectivity index (χ1) is 16.8. The molecule has 10 heteroatoms. The van der Waals surface area contributed by atoms with Crippen LogP contribution in [0.25, 0.3) is 11.3 Å². The van der Waals surface area contributed by atoms with E-state index in [0.29, 0.717) is 47.4 Å². The van der Waals surface area contributed by atoms with Crippen LogP contribution < -0.4 is 10.1 Å². The van der Waals surface area contributed by atoms with Crippen LogP contribution in [0.3, 0.4) is 0 Å². The predicted molar refractivity (Wildman–Crippen MR) is 133 cm³/mol. The largest absolute Gasteiger partial charge is 0.489 e. The Morgan fingerprint density at radius 1 is 1.17 bits per heavy atom. The average molecular weight is 494 g/mol. The molecule has 1 fully saturated rings. The van der Waals surface area contributed by atoms with Crippen LogP contribution in [-0.4, -0.2) is 56.1 Å². The highest BCUT2D eigenvalue weighted by Gasteiger charge is 2.18. The fraction of sp³-hybridized carbons (Fsp3) is 0.320.